The molecule has 4 heteroatoms. The normalized spacial score (nSPS) is 13.8. The smallest absolute Gasteiger partial charge is 0.181 e. The molecule has 1 heterocycles. The number of ether oxygens (including phenoxy) is 1. The molecule has 0 fully saturated rings. The molecule has 0 saturated heterocycles. The molecule has 2 aromatic rings. The van der Waals surface area contributed by atoms with Gasteiger partial charge < -0.3 is 9.46 Å². The monoisotopic (exact) mass is 323 g/mol. The molecule has 0 unspecified atom stereocenters. The third kappa shape index (κ3) is 4.76. The summed E-state index contributed by atoms with van der Waals surface area (Å²) in [4.78, 5) is 4.40. The van der Waals surface area contributed by atoms with Crippen molar-refractivity contribution in [2.24, 2.45) is 0 Å². The first kappa shape index (κ1) is 15.4. The summed E-state index contributed by atoms with van der Waals surface area (Å²) in [6.45, 7) is 2.88. The lowest BCUT2D eigenvalue weighted by Crippen LogP contribution is -2.70. The number of hydrogen-bond acceptors (Lipinski definition) is 3. The van der Waals surface area contributed by atoms with Crippen LogP contribution in [0.1, 0.15) is 6.92 Å². The highest BCUT2D eigenvalue weighted by molar-refractivity contribution is 7.97. The van der Waals surface area contributed by atoms with Crippen molar-refractivity contribution >= 4 is 18.2 Å². The molecular weight excluding hydrogens is 304 g/mol. The van der Waals surface area contributed by atoms with Gasteiger partial charge in [-0.1, -0.05) is 24.3 Å². The van der Waals surface area contributed by atoms with Crippen LogP contribution in [0.2, 0.25) is 0 Å². The number of para-hydroxylation sites is 1. The van der Waals surface area contributed by atoms with E-state index >= 15 is 0 Å². The van der Waals surface area contributed by atoms with Crippen molar-refractivity contribution in [3.8, 4) is 11.5 Å². The maximum absolute atomic E-state index is 5.79. The van der Waals surface area contributed by atoms with Gasteiger partial charge in [0, 0.05) is 10.5 Å². The number of allylic oxidation sites excluding steroid dienone is 3. The molecule has 0 aromatic heterocycles. The van der Waals surface area contributed by atoms with E-state index in [-0.39, 0.29) is 0 Å². The van der Waals surface area contributed by atoms with Gasteiger partial charge in [0.25, 0.3) is 0 Å². The van der Waals surface area contributed by atoms with Crippen LogP contribution in [0.15, 0.2) is 82.9 Å². The van der Waals surface area contributed by atoms with Crippen LogP contribution in [-0.2, 0) is 0 Å². The molecule has 0 amide bonds. The van der Waals surface area contributed by atoms with E-state index in [4.69, 9.17) is 4.74 Å². The summed E-state index contributed by atoms with van der Waals surface area (Å²) in [5.41, 5.74) is 2.36. The molecule has 0 spiro atoms. The molecular formula is C19H19N2OS+. The van der Waals surface area contributed by atoms with E-state index in [1.165, 1.54) is 5.57 Å². The average molecular weight is 323 g/mol. The number of hydrogen-bond donors (Lipinski definition) is 2. The largest absolute Gasteiger partial charge is 0.457 e. The lowest BCUT2D eigenvalue weighted by atomic mass is 10.3. The minimum Gasteiger partial charge on any atom is -0.457 e. The molecule has 0 bridgehead atoms. The topological polar surface area (TPSA) is 35.2 Å². The van der Waals surface area contributed by atoms with Gasteiger partial charge in [-0.15, -0.1) is 0 Å². The summed E-state index contributed by atoms with van der Waals surface area (Å²) in [7, 11) is 0. The van der Waals surface area contributed by atoms with E-state index in [1.54, 1.807) is 11.9 Å². The second-order valence-corrected chi connectivity index (χ2v) is 6.10. The Morgan fingerprint density at radius 2 is 1.70 bits per heavy atom. The average Bonchev–Trinajstić information content (AvgIpc) is 2.80. The predicted octanol–water partition coefficient (Wildman–Crippen LogP) is 3.07. The Kier molecular flexibility index (Phi) is 5.17. The zero-order chi connectivity index (χ0) is 15.9. The van der Waals surface area contributed by atoms with Crippen molar-refractivity contribution in [3.05, 3.63) is 78.0 Å². The summed E-state index contributed by atoms with van der Waals surface area (Å²) in [6, 6.07) is 17.9. The van der Waals surface area contributed by atoms with Gasteiger partial charge in [0.15, 0.2) is 12.8 Å². The molecule has 0 radical (unpaired) electrons. The number of rotatable bonds is 5. The SMILES string of the molecule is CC1=CC=C(NSc2ccc(Oc3ccccc3)cc2)C[NH+]=C1. The van der Waals surface area contributed by atoms with Gasteiger partial charge in [-0.3, -0.25) is 0 Å². The number of nitrogens with one attached hydrogen (secondary N) is 2. The van der Waals surface area contributed by atoms with E-state index in [0.29, 0.717) is 0 Å². The van der Waals surface area contributed by atoms with Gasteiger partial charge in [0.05, 0.1) is 5.70 Å². The van der Waals surface area contributed by atoms with Crippen molar-refractivity contribution in [2.45, 2.75) is 11.8 Å². The van der Waals surface area contributed by atoms with Gasteiger partial charge in [-0.25, -0.2) is 4.99 Å². The van der Waals surface area contributed by atoms with E-state index in [1.807, 2.05) is 60.8 Å². The van der Waals surface area contributed by atoms with Gasteiger partial charge in [-0.2, -0.15) is 0 Å². The molecule has 1 aliphatic heterocycles. The van der Waals surface area contributed by atoms with E-state index in [2.05, 4.69) is 28.8 Å². The Bertz CT molecular complexity index is 734. The van der Waals surface area contributed by atoms with Crippen LogP contribution in [0.3, 0.4) is 0 Å². The van der Waals surface area contributed by atoms with E-state index in [0.717, 1.165) is 28.6 Å². The minimum atomic E-state index is 0.802. The van der Waals surface area contributed by atoms with Crippen LogP contribution < -0.4 is 14.5 Å². The fourth-order valence-corrected chi connectivity index (χ4v) is 2.72. The first-order valence-corrected chi connectivity index (χ1v) is 8.31. The van der Waals surface area contributed by atoms with Crippen molar-refractivity contribution in [1.82, 2.24) is 4.72 Å². The Hall–Kier alpha value is -2.46. The van der Waals surface area contributed by atoms with Crippen molar-refractivity contribution < 1.29 is 9.73 Å². The summed E-state index contributed by atoms with van der Waals surface area (Å²) >= 11 is 1.60. The molecule has 0 aliphatic carbocycles. The van der Waals surface area contributed by atoms with E-state index in [9.17, 15) is 0 Å². The lowest BCUT2D eigenvalue weighted by Gasteiger charge is -2.08. The van der Waals surface area contributed by atoms with Gasteiger partial charge in [-0.05, 0) is 61.3 Å². The third-order valence-corrected chi connectivity index (χ3v) is 4.14. The standard InChI is InChI=1S/C19H18N2OS/c1-15-7-8-16(14-20-13-15)21-23-19-11-9-18(10-12-19)22-17-5-3-2-4-6-17/h2-13,21H,14H2,1H3/p+1. The summed E-state index contributed by atoms with van der Waals surface area (Å²) in [5.74, 6) is 1.68. The number of benzene rings is 2. The minimum absolute atomic E-state index is 0.802. The van der Waals surface area contributed by atoms with Crippen LogP contribution in [0.25, 0.3) is 0 Å². The fourth-order valence-electron chi connectivity index (χ4n) is 2.06. The molecule has 3 rings (SSSR count). The Morgan fingerprint density at radius 3 is 2.48 bits per heavy atom. The molecule has 1 aliphatic rings. The van der Waals surface area contributed by atoms with Crippen molar-refractivity contribution in [2.75, 3.05) is 6.54 Å². The van der Waals surface area contributed by atoms with Gasteiger partial charge >= 0.3 is 0 Å². The molecule has 23 heavy (non-hydrogen) atoms. The van der Waals surface area contributed by atoms with Crippen LogP contribution in [0, 0.1) is 0 Å². The molecule has 0 saturated carbocycles. The first-order chi connectivity index (χ1) is 11.3. The van der Waals surface area contributed by atoms with Crippen molar-refractivity contribution in [1.29, 1.82) is 0 Å². The summed E-state index contributed by atoms with van der Waals surface area (Å²) in [6.07, 6.45) is 6.22. The Morgan fingerprint density at radius 1 is 0.957 bits per heavy atom. The van der Waals surface area contributed by atoms with Gasteiger partial charge in [0.2, 0.25) is 0 Å². The van der Waals surface area contributed by atoms with Crippen LogP contribution in [0.5, 0.6) is 11.5 Å². The molecule has 2 aromatic carbocycles. The van der Waals surface area contributed by atoms with Crippen LogP contribution in [0.4, 0.5) is 0 Å². The van der Waals surface area contributed by atoms with E-state index < -0.39 is 0 Å². The summed E-state index contributed by atoms with van der Waals surface area (Å²) in [5, 5.41) is 0. The summed E-state index contributed by atoms with van der Waals surface area (Å²) < 4.78 is 9.17. The van der Waals surface area contributed by atoms with Gasteiger partial charge in [0.1, 0.15) is 11.5 Å². The lowest BCUT2D eigenvalue weighted by molar-refractivity contribution is -0.441. The highest BCUT2D eigenvalue weighted by Gasteiger charge is 2.04. The first-order valence-electron chi connectivity index (χ1n) is 7.49. The van der Waals surface area contributed by atoms with Crippen molar-refractivity contribution in [3.63, 3.8) is 0 Å². The molecule has 0 atom stereocenters. The second kappa shape index (κ2) is 7.70. The Balaban J connectivity index is 1.57. The maximum Gasteiger partial charge on any atom is 0.181 e. The highest BCUT2D eigenvalue weighted by atomic mass is 32.2. The quantitative estimate of drug-likeness (QED) is 0.830. The van der Waals surface area contributed by atoms with Crippen LogP contribution in [-0.4, -0.2) is 12.8 Å². The third-order valence-electron chi connectivity index (χ3n) is 3.27. The highest BCUT2D eigenvalue weighted by Crippen LogP contribution is 2.24. The second-order valence-electron chi connectivity index (χ2n) is 5.22. The Labute approximate surface area is 140 Å². The molecule has 2 N–H and O–H groups in total. The predicted molar refractivity (Wildman–Crippen MR) is 95.7 cm³/mol. The fraction of sp³-hybridized carbons (Fsp3) is 0.105. The zero-order valence-corrected chi connectivity index (χ0v) is 13.8. The van der Waals surface area contributed by atoms with Crippen LogP contribution >= 0.6 is 11.9 Å². The maximum atomic E-state index is 5.79. The molecule has 3 nitrogen and oxygen atoms in total. The molecule has 116 valence electrons. The zero-order valence-electron chi connectivity index (χ0n) is 13.0.